The van der Waals surface area contributed by atoms with E-state index in [4.69, 9.17) is 4.18 Å². The molecule has 0 N–H and O–H groups in total. The van der Waals surface area contributed by atoms with Gasteiger partial charge in [-0.05, 0) is 27.8 Å². The molecule has 0 radical (unpaired) electrons. The Bertz CT molecular complexity index is 300. The lowest BCUT2D eigenvalue weighted by Gasteiger charge is -2.32. The van der Waals surface area contributed by atoms with E-state index in [-0.39, 0.29) is 0 Å². The van der Waals surface area contributed by atoms with Crippen molar-refractivity contribution in [3.63, 3.8) is 0 Å². The summed E-state index contributed by atoms with van der Waals surface area (Å²) in [5.74, 6) is 0. The molecule has 0 bridgehead atoms. The van der Waals surface area contributed by atoms with Crippen molar-refractivity contribution in [3.8, 4) is 0 Å². The van der Waals surface area contributed by atoms with Gasteiger partial charge in [0.1, 0.15) is 0 Å². The summed E-state index contributed by atoms with van der Waals surface area (Å²) in [7, 11) is -1.58. The highest BCUT2D eigenvalue weighted by Gasteiger charge is 2.30. The lowest BCUT2D eigenvalue weighted by Crippen LogP contribution is -2.48. The Kier molecular flexibility index (Phi) is 3.76. The summed E-state index contributed by atoms with van der Waals surface area (Å²) in [6, 6.07) is 0. The molecule has 5 nitrogen and oxygen atoms in total. The fraction of sp³-hybridized carbons (Fsp3) is 1.00. The van der Waals surface area contributed by atoms with Crippen molar-refractivity contribution in [2.45, 2.75) is 26.4 Å². The van der Waals surface area contributed by atoms with E-state index in [1.54, 1.807) is 20.8 Å². The van der Waals surface area contributed by atoms with Crippen molar-refractivity contribution in [1.82, 2.24) is 9.21 Å². The molecule has 1 aliphatic rings. The first-order valence-electron chi connectivity index (χ1n) is 5.10. The van der Waals surface area contributed by atoms with Gasteiger partial charge in [-0.1, -0.05) is 0 Å². The third-order valence-corrected chi connectivity index (χ3v) is 3.84. The van der Waals surface area contributed by atoms with Crippen LogP contribution in [0, 0.1) is 0 Å². The number of piperazine rings is 1. The van der Waals surface area contributed by atoms with Gasteiger partial charge in [0.15, 0.2) is 0 Å². The normalized spacial score (nSPS) is 21.9. The number of hydrogen-bond acceptors (Lipinski definition) is 4. The predicted octanol–water partition coefficient (Wildman–Crippen LogP) is 0.294. The van der Waals surface area contributed by atoms with Crippen molar-refractivity contribution < 1.29 is 12.6 Å². The summed E-state index contributed by atoms with van der Waals surface area (Å²) in [5.41, 5.74) is -0.665. The molecule has 0 aromatic rings. The van der Waals surface area contributed by atoms with Gasteiger partial charge < -0.3 is 4.90 Å². The number of rotatable bonds is 2. The van der Waals surface area contributed by atoms with Crippen LogP contribution in [0.5, 0.6) is 0 Å². The molecule has 1 saturated heterocycles. The zero-order valence-electron chi connectivity index (χ0n) is 9.86. The van der Waals surface area contributed by atoms with Crippen LogP contribution in [0.2, 0.25) is 0 Å². The second-order valence-corrected chi connectivity index (χ2v) is 6.39. The molecule has 0 aromatic heterocycles. The maximum absolute atomic E-state index is 11.8. The summed E-state index contributed by atoms with van der Waals surface area (Å²) in [4.78, 5) is 2.10. The molecule has 0 aliphatic carbocycles. The minimum atomic E-state index is -3.56. The fourth-order valence-electron chi connectivity index (χ4n) is 1.38. The molecule has 0 unspecified atom stereocenters. The Morgan fingerprint density at radius 2 is 1.53 bits per heavy atom. The molecule has 0 aromatic carbocycles. The van der Waals surface area contributed by atoms with Gasteiger partial charge in [0, 0.05) is 26.2 Å². The van der Waals surface area contributed by atoms with Crippen molar-refractivity contribution in [3.05, 3.63) is 0 Å². The summed E-state index contributed by atoms with van der Waals surface area (Å²) in [5, 5.41) is 0. The molecule has 1 heterocycles. The second kappa shape index (κ2) is 4.37. The lowest BCUT2D eigenvalue weighted by molar-refractivity contribution is 0.112. The van der Waals surface area contributed by atoms with Gasteiger partial charge >= 0.3 is 10.3 Å². The molecule has 0 saturated carbocycles. The standard InChI is InChI=1S/C9H20N2O3S/c1-9(2,3)14-15(12,13)11-7-5-10(4)6-8-11/h5-8H2,1-4H3. The van der Waals surface area contributed by atoms with E-state index in [1.165, 1.54) is 4.31 Å². The molecular formula is C9H20N2O3S. The maximum atomic E-state index is 11.8. The highest BCUT2D eigenvalue weighted by molar-refractivity contribution is 7.84. The zero-order chi connectivity index (χ0) is 11.7. The Morgan fingerprint density at radius 3 is 1.93 bits per heavy atom. The van der Waals surface area contributed by atoms with Crippen LogP contribution in [0.4, 0.5) is 0 Å². The van der Waals surface area contributed by atoms with Crippen LogP contribution in [0.1, 0.15) is 20.8 Å². The van der Waals surface area contributed by atoms with Crippen molar-refractivity contribution in [1.29, 1.82) is 0 Å². The van der Waals surface area contributed by atoms with Crippen LogP contribution >= 0.6 is 0 Å². The SMILES string of the molecule is CN1CCN(S(=O)(=O)OC(C)(C)C)CC1. The molecule has 0 amide bonds. The smallest absolute Gasteiger partial charge is 0.304 e. The summed E-state index contributed by atoms with van der Waals surface area (Å²) < 4.78 is 30.1. The third-order valence-electron chi connectivity index (χ3n) is 2.13. The molecule has 0 atom stereocenters. The average Bonchev–Trinajstić information content (AvgIpc) is 2.00. The van der Waals surface area contributed by atoms with Gasteiger partial charge in [-0.25, -0.2) is 0 Å². The largest absolute Gasteiger partial charge is 0.338 e. The lowest BCUT2D eigenvalue weighted by atomic mass is 10.2. The Labute approximate surface area is 92.3 Å². The summed E-state index contributed by atoms with van der Waals surface area (Å²) >= 11 is 0. The Morgan fingerprint density at radius 1 is 1.07 bits per heavy atom. The molecule has 1 aliphatic heterocycles. The van der Waals surface area contributed by atoms with E-state index >= 15 is 0 Å². The number of nitrogens with zero attached hydrogens (tertiary/aromatic N) is 2. The Balaban J connectivity index is 2.63. The van der Waals surface area contributed by atoms with Crippen LogP contribution < -0.4 is 0 Å². The first-order chi connectivity index (χ1) is 6.71. The van der Waals surface area contributed by atoms with Gasteiger partial charge in [0.2, 0.25) is 0 Å². The highest BCUT2D eigenvalue weighted by Crippen LogP contribution is 2.16. The minimum Gasteiger partial charge on any atom is -0.304 e. The number of hydrogen-bond donors (Lipinski definition) is 0. The molecule has 1 fully saturated rings. The molecule has 6 heteroatoms. The summed E-state index contributed by atoms with van der Waals surface area (Å²) in [6.07, 6.45) is 0. The van der Waals surface area contributed by atoms with Crippen molar-refractivity contribution >= 4 is 10.3 Å². The fourth-order valence-corrected chi connectivity index (χ4v) is 2.73. The van der Waals surface area contributed by atoms with Crippen molar-refractivity contribution in [2.24, 2.45) is 0 Å². The Hall–Kier alpha value is -0.170. The van der Waals surface area contributed by atoms with Crippen LogP contribution in [-0.2, 0) is 14.5 Å². The van der Waals surface area contributed by atoms with Gasteiger partial charge in [-0.2, -0.15) is 12.7 Å². The molecule has 1 rings (SSSR count). The quantitative estimate of drug-likeness (QED) is 0.691. The van der Waals surface area contributed by atoms with Crippen LogP contribution in [-0.4, -0.2) is 56.5 Å². The summed E-state index contributed by atoms with van der Waals surface area (Å²) in [6.45, 7) is 7.74. The zero-order valence-corrected chi connectivity index (χ0v) is 10.7. The minimum absolute atomic E-state index is 0.509. The van der Waals surface area contributed by atoms with E-state index < -0.39 is 15.9 Å². The van der Waals surface area contributed by atoms with E-state index in [9.17, 15) is 8.42 Å². The van der Waals surface area contributed by atoms with Crippen molar-refractivity contribution in [2.75, 3.05) is 33.2 Å². The van der Waals surface area contributed by atoms with Crippen LogP contribution in [0.15, 0.2) is 0 Å². The third kappa shape index (κ3) is 4.06. The monoisotopic (exact) mass is 236 g/mol. The van der Waals surface area contributed by atoms with Gasteiger partial charge in [-0.3, -0.25) is 4.18 Å². The average molecular weight is 236 g/mol. The predicted molar refractivity (Wildman–Crippen MR) is 58.8 cm³/mol. The van der Waals surface area contributed by atoms with Crippen LogP contribution in [0.25, 0.3) is 0 Å². The maximum Gasteiger partial charge on any atom is 0.338 e. The van der Waals surface area contributed by atoms with Crippen LogP contribution in [0.3, 0.4) is 0 Å². The topological polar surface area (TPSA) is 49.9 Å². The van der Waals surface area contributed by atoms with E-state index in [0.717, 1.165) is 13.1 Å². The van der Waals surface area contributed by atoms with E-state index in [2.05, 4.69) is 4.90 Å². The van der Waals surface area contributed by atoms with E-state index in [0.29, 0.717) is 13.1 Å². The first-order valence-corrected chi connectivity index (χ1v) is 6.46. The van der Waals surface area contributed by atoms with Gasteiger partial charge in [0.25, 0.3) is 0 Å². The van der Waals surface area contributed by atoms with E-state index in [1.807, 2.05) is 7.05 Å². The molecule has 15 heavy (non-hydrogen) atoms. The molecule has 90 valence electrons. The second-order valence-electron chi connectivity index (χ2n) is 4.86. The van der Waals surface area contributed by atoms with Gasteiger partial charge in [-0.15, -0.1) is 0 Å². The highest BCUT2D eigenvalue weighted by atomic mass is 32.2. The first kappa shape index (κ1) is 12.9. The van der Waals surface area contributed by atoms with Gasteiger partial charge in [0.05, 0.1) is 5.60 Å². The molecular weight excluding hydrogens is 216 g/mol. The molecule has 0 spiro atoms. The number of likely N-dealkylation sites (N-methyl/N-ethyl adjacent to an activating group) is 1.